The SMILES string of the molecule is CC1=C(C2CCCC2)N(C2CCCCC2)C(c2ccccc2)N1c1ccccc1C. The first-order valence-corrected chi connectivity index (χ1v) is 12.1. The molecule has 1 aliphatic heterocycles. The Morgan fingerprint density at radius 2 is 1.33 bits per heavy atom. The van der Waals surface area contributed by atoms with Gasteiger partial charge in [0, 0.05) is 29.0 Å². The molecule has 2 aliphatic carbocycles. The molecule has 0 spiro atoms. The lowest BCUT2D eigenvalue weighted by Crippen LogP contribution is -2.41. The first kappa shape index (κ1) is 19.7. The van der Waals surface area contributed by atoms with Crippen molar-refractivity contribution < 1.29 is 0 Å². The highest BCUT2D eigenvalue weighted by atomic mass is 15.4. The lowest BCUT2D eigenvalue weighted by Gasteiger charge is -2.43. The second kappa shape index (κ2) is 8.49. The Morgan fingerprint density at radius 3 is 2.03 bits per heavy atom. The summed E-state index contributed by atoms with van der Waals surface area (Å²) < 4.78 is 0. The highest BCUT2D eigenvalue weighted by molar-refractivity contribution is 5.62. The third kappa shape index (κ3) is 3.45. The van der Waals surface area contributed by atoms with E-state index in [2.05, 4.69) is 78.2 Å². The number of para-hydroxylation sites is 1. The van der Waals surface area contributed by atoms with Gasteiger partial charge in [-0.05, 0) is 56.7 Å². The minimum absolute atomic E-state index is 0.283. The number of benzene rings is 2. The van der Waals surface area contributed by atoms with Crippen LogP contribution in [0.2, 0.25) is 0 Å². The molecule has 158 valence electrons. The first-order chi connectivity index (χ1) is 14.8. The van der Waals surface area contributed by atoms with Crippen molar-refractivity contribution in [1.29, 1.82) is 0 Å². The highest BCUT2D eigenvalue weighted by Gasteiger charge is 2.44. The molecule has 2 fully saturated rings. The minimum Gasteiger partial charge on any atom is -0.346 e. The topological polar surface area (TPSA) is 6.48 Å². The van der Waals surface area contributed by atoms with Gasteiger partial charge >= 0.3 is 0 Å². The Balaban J connectivity index is 1.67. The zero-order valence-corrected chi connectivity index (χ0v) is 18.7. The molecule has 2 nitrogen and oxygen atoms in total. The molecule has 3 aliphatic rings. The van der Waals surface area contributed by atoms with Crippen LogP contribution in [0.1, 0.15) is 82.0 Å². The summed E-state index contributed by atoms with van der Waals surface area (Å²) in [5.74, 6) is 0.729. The van der Waals surface area contributed by atoms with Gasteiger partial charge < -0.3 is 9.80 Å². The summed E-state index contributed by atoms with van der Waals surface area (Å²) in [6.45, 7) is 4.67. The van der Waals surface area contributed by atoms with E-state index < -0.39 is 0 Å². The molecule has 2 aromatic carbocycles. The molecule has 2 aromatic rings. The number of aryl methyl sites for hydroxylation is 1. The summed E-state index contributed by atoms with van der Waals surface area (Å²) in [7, 11) is 0. The Hall–Kier alpha value is -2.22. The fraction of sp³-hybridized carbons (Fsp3) is 0.500. The summed E-state index contributed by atoms with van der Waals surface area (Å²) in [5, 5.41) is 0. The Morgan fingerprint density at radius 1 is 0.700 bits per heavy atom. The third-order valence-electron chi connectivity index (χ3n) is 7.70. The number of hydrogen-bond donors (Lipinski definition) is 0. The quantitative estimate of drug-likeness (QED) is 0.522. The number of allylic oxidation sites excluding steroid dienone is 2. The summed E-state index contributed by atoms with van der Waals surface area (Å²) in [4.78, 5) is 5.57. The van der Waals surface area contributed by atoms with Crippen molar-refractivity contribution in [2.24, 2.45) is 5.92 Å². The molecule has 0 radical (unpaired) electrons. The second-order valence-corrected chi connectivity index (χ2v) is 9.59. The summed E-state index contributed by atoms with van der Waals surface area (Å²) >= 11 is 0. The van der Waals surface area contributed by atoms with E-state index in [1.54, 1.807) is 5.70 Å². The standard InChI is InChI=1S/C28H36N2/c1-21-13-9-12-20-26(21)29-22(2)27(23-14-10-11-15-23)30(25-18-7-4-8-19-25)28(29)24-16-5-3-6-17-24/h3,5-6,9,12-13,16-17,20,23,25,28H,4,7-8,10-11,14-15,18-19H2,1-2H3. The molecule has 1 unspecified atom stereocenters. The average molecular weight is 401 g/mol. The van der Waals surface area contributed by atoms with Crippen LogP contribution in [-0.4, -0.2) is 10.9 Å². The van der Waals surface area contributed by atoms with Crippen LogP contribution in [0.15, 0.2) is 66.0 Å². The van der Waals surface area contributed by atoms with Gasteiger partial charge in [0.05, 0.1) is 0 Å². The molecule has 0 bridgehead atoms. The van der Waals surface area contributed by atoms with Gasteiger partial charge in [-0.2, -0.15) is 0 Å². The molecule has 2 heteroatoms. The molecule has 1 atom stereocenters. The second-order valence-electron chi connectivity index (χ2n) is 9.59. The number of hydrogen-bond acceptors (Lipinski definition) is 2. The van der Waals surface area contributed by atoms with Gasteiger partial charge in [0.25, 0.3) is 0 Å². The van der Waals surface area contributed by atoms with E-state index in [4.69, 9.17) is 0 Å². The lowest BCUT2D eigenvalue weighted by atomic mass is 9.91. The number of nitrogens with zero attached hydrogens (tertiary/aromatic N) is 2. The van der Waals surface area contributed by atoms with Crippen molar-refractivity contribution in [3.63, 3.8) is 0 Å². The maximum atomic E-state index is 2.90. The zero-order chi connectivity index (χ0) is 20.5. The van der Waals surface area contributed by atoms with E-state index in [-0.39, 0.29) is 6.17 Å². The maximum Gasteiger partial charge on any atom is 0.132 e. The van der Waals surface area contributed by atoms with Crippen LogP contribution in [0.5, 0.6) is 0 Å². The minimum atomic E-state index is 0.283. The Labute approximate surface area is 182 Å². The van der Waals surface area contributed by atoms with Crippen LogP contribution in [0.4, 0.5) is 5.69 Å². The van der Waals surface area contributed by atoms with Crippen LogP contribution in [0.3, 0.4) is 0 Å². The van der Waals surface area contributed by atoms with Crippen LogP contribution < -0.4 is 4.90 Å². The zero-order valence-electron chi connectivity index (χ0n) is 18.7. The van der Waals surface area contributed by atoms with Crippen molar-refractivity contribution in [1.82, 2.24) is 4.90 Å². The normalized spacial score (nSPS) is 23.6. The van der Waals surface area contributed by atoms with Crippen molar-refractivity contribution in [3.8, 4) is 0 Å². The Bertz CT molecular complexity index is 888. The van der Waals surface area contributed by atoms with E-state index in [1.807, 2.05) is 0 Å². The monoisotopic (exact) mass is 400 g/mol. The maximum absolute atomic E-state index is 2.90. The molecule has 0 amide bonds. The Kier molecular flexibility index (Phi) is 5.58. The van der Waals surface area contributed by atoms with Gasteiger partial charge in [-0.15, -0.1) is 0 Å². The fourth-order valence-electron chi connectivity index (χ4n) is 6.29. The average Bonchev–Trinajstić information content (AvgIpc) is 3.41. The van der Waals surface area contributed by atoms with Crippen molar-refractivity contribution in [2.75, 3.05) is 4.90 Å². The van der Waals surface area contributed by atoms with Crippen LogP contribution >= 0.6 is 0 Å². The van der Waals surface area contributed by atoms with Gasteiger partial charge in [-0.3, -0.25) is 0 Å². The molecular weight excluding hydrogens is 364 g/mol. The molecule has 5 rings (SSSR count). The molecule has 0 aromatic heterocycles. The van der Waals surface area contributed by atoms with Crippen LogP contribution in [0.25, 0.3) is 0 Å². The van der Waals surface area contributed by atoms with E-state index in [9.17, 15) is 0 Å². The van der Waals surface area contributed by atoms with Crippen molar-refractivity contribution >= 4 is 5.69 Å². The predicted molar refractivity (Wildman–Crippen MR) is 126 cm³/mol. The van der Waals surface area contributed by atoms with Gasteiger partial charge in [-0.25, -0.2) is 0 Å². The summed E-state index contributed by atoms with van der Waals surface area (Å²) in [6, 6.07) is 20.9. The van der Waals surface area contributed by atoms with Gasteiger partial charge in [0.15, 0.2) is 0 Å². The van der Waals surface area contributed by atoms with Crippen LogP contribution in [-0.2, 0) is 0 Å². The van der Waals surface area contributed by atoms with Crippen molar-refractivity contribution in [2.45, 2.75) is 83.8 Å². The molecule has 2 saturated carbocycles. The van der Waals surface area contributed by atoms with E-state index in [1.165, 1.54) is 80.3 Å². The van der Waals surface area contributed by atoms with Gasteiger partial charge in [0.2, 0.25) is 0 Å². The molecule has 30 heavy (non-hydrogen) atoms. The smallest absolute Gasteiger partial charge is 0.132 e. The largest absolute Gasteiger partial charge is 0.346 e. The van der Waals surface area contributed by atoms with E-state index in [0.29, 0.717) is 6.04 Å². The van der Waals surface area contributed by atoms with E-state index in [0.717, 1.165) is 5.92 Å². The van der Waals surface area contributed by atoms with E-state index >= 15 is 0 Å². The fourth-order valence-corrected chi connectivity index (χ4v) is 6.29. The molecule has 1 heterocycles. The number of anilines is 1. The van der Waals surface area contributed by atoms with Gasteiger partial charge in [0.1, 0.15) is 6.17 Å². The molecule has 0 N–H and O–H groups in total. The van der Waals surface area contributed by atoms with Crippen molar-refractivity contribution in [3.05, 3.63) is 77.1 Å². The summed E-state index contributed by atoms with van der Waals surface area (Å²) in [6.07, 6.45) is 12.6. The molecular formula is C28H36N2. The first-order valence-electron chi connectivity index (χ1n) is 12.1. The highest BCUT2D eigenvalue weighted by Crippen LogP contribution is 2.51. The predicted octanol–water partition coefficient (Wildman–Crippen LogP) is 7.57. The molecule has 0 saturated heterocycles. The van der Waals surface area contributed by atoms with Gasteiger partial charge in [-0.1, -0.05) is 80.6 Å². The third-order valence-corrected chi connectivity index (χ3v) is 7.70. The lowest BCUT2D eigenvalue weighted by molar-refractivity contribution is 0.147. The number of rotatable bonds is 4. The van der Waals surface area contributed by atoms with Crippen LogP contribution in [0, 0.1) is 12.8 Å². The summed E-state index contributed by atoms with van der Waals surface area (Å²) in [5.41, 5.74) is 7.33.